The Morgan fingerprint density at radius 3 is 3.00 bits per heavy atom. The van der Waals surface area contributed by atoms with E-state index >= 15 is 0 Å². The predicted molar refractivity (Wildman–Crippen MR) is 45.1 cm³/mol. The number of hydrogen-bond donors (Lipinski definition) is 1. The molecule has 0 unspecified atom stereocenters. The molecule has 1 aromatic carbocycles. The summed E-state index contributed by atoms with van der Waals surface area (Å²) in [6.07, 6.45) is 0. The van der Waals surface area contributed by atoms with Crippen LogP contribution in [0, 0.1) is 5.82 Å². The maximum absolute atomic E-state index is 13.1. The first-order valence-corrected chi connectivity index (χ1v) is 3.80. The van der Waals surface area contributed by atoms with Crippen molar-refractivity contribution in [2.24, 2.45) is 5.90 Å². The summed E-state index contributed by atoms with van der Waals surface area (Å²) in [6.45, 7) is 0.147. The highest BCUT2D eigenvalue weighted by Crippen LogP contribution is 2.21. The number of nitrogens with two attached hydrogens (primary N) is 1. The highest BCUT2D eigenvalue weighted by molar-refractivity contribution is 5.78. The Kier molecular flexibility index (Phi) is 2.00. The Morgan fingerprint density at radius 1 is 1.46 bits per heavy atom. The van der Waals surface area contributed by atoms with E-state index in [-0.39, 0.29) is 18.0 Å². The van der Waals surface area contributed by atoms with Gasteiger partial charge in [-0.3, -0.25) is 4.84 Å². The molecule has 1 aromatic heterocycles. The van der Waals surface area contributed by atoms with Crippen LogP contribution in [0.25, 0.3) is 11.0 Å². The van der Waals surface area contributed by atoms with Crippen LogP contribution in [0.3, 0.4) is 0 Å². The first kappa shape index (κ1) is 8.22. The molecule has 0 saturated heterocycles. The Labute approximate surface area is 73.8 Å². The Morgan fingerprint density at radius 2 is 2.31 bits per heavy atom. The quantitative estimate of drug-likeness (QED) is 0.720. The van der Waals surface area contributed by atoms with Gasteiger partial charge in [-0.15, -0.1) is 0 Å². The van der Waals surface area contributed by atoms with E-state index in [1.807, 2.05) is 0 Å². The molecule has 68 valence electrons. The van der Waals surface area contributed by atoms with E-state index in [1.165, 1.54) is 6.07 Å². The lowest BCUT2D eigenvalue weighted by atomic mass is 10.2. The van der Waals surface area contributed by atoms with Crippen LogP contribution < -0.4 is 5.90 Å². The van der Waals surface area contributed by atoms with Crippen molar-refractivity contribution in [2.75, 3.05) is 0 Å². The number of hydrogen-bond acceptors (Lipinski definition) is 3. The van der Waals surface area contributed by atoms with Crippen molar-refractivity contribution < 1.29 is 13.6 Å². The smallest absolute Gasteiger partial charge is 0.170 e. The maximum atomic E-state index is 13.1. The SMILES string of the molecule is NOCc1cc2cccc(F)c2o1. The van der Waals surface area contributed by atoms with Gasteiger partial charge in [0.05, 0.1) is 0 Å². The van der Waals surface area contributed by atoms with E-state index in [4.69, 9.17) is 10.3 Å². The van der Waals surface area contributed by atoms with Gasteiger partial charge in [0.1, 0.15) is 12.4 Å². The molecule has 0 atom stereocenters. The minimum atomic E-state index is -0.374. The predicted octanol–water partition coefficient (Wildman–Crippen LogP) is 1.96. The molecular weight excluding hydrogens is 173 g/mol. The molecule has 13 heavy (non-hydrogen) atoms. The largest absolute Gasteiger partial charge is 0.455 e. The van der Waals surface area contributed by atoms with E-state index in [0.29, 0.717) is 11.1 Å². The number of fused-ring (bicyclic) bond motifs is 1. The number of rotatable bonds is 2. The molecule has 0 aliphatic heterocycles. The molecule has 0 aliphatic carbocycles. The van der Waals surface area contributed by atoms with Gasteiger partial charge in [-0.1, -0.05) is 12.1 Å². The van der Waals surface area contributed by atoms with E-state index in [2.05, 4.69) is 4.84 Å². The zero-order chi connectivity index (χ0) is 9.26. The van der Waals surface area contributed by atoms with Crippen LogP contribution in [0.4, 0.5) is 4.39 Å². The van der Waals surface area contributed by atoms with Crippen LogP contribution in [0.15, 0.2) is 28.7 Å². The van der Waals surface area contributed by atoms with Gasteiger partial charge in [0.15, 0.2) is 11.4 Å². The molecule has 0 radical (unpaired) electrons. The third kappa shape index (κ3) is 1.41. The summed E-state index contributed by atoms with van der Waals surface area (Å²) in [5, 5.41) is 0.715. The molecule has 2 N–H and O–H groups in total. The van der Waals surface area contributed by atoms with Gasteiger partial charge < -0.3 is 4.42 Å². The number of halogens is 1. The van der Waals surface area contributed by atoms with Crippen LogP contribution in [0.2, 0.25) is 0 Å². The van der Waals surface area contributed by atoms with E-state index < -0.39 is 0 Å². The average molecular weight is 181 g/mol. The third-order valence-corrected chi connectivity index (χ3v) is 1.77. The lowest BCUT2D eigenvalue weighted by molar-refractivity contribution is 0.110. The van der Waals surface area contributed by atoms with Crippen molar-refractivity contribution in [1.29, 1.82) is 0 Å². The van der Waals surface area contributed by atoms with Gasteiger partial charge in [-0.2, -0.15) is 0 Å². The molecule has 0 spiro atoms. The summed E-state index contributed by atoms with van der Waals surface area (Å²) in [4.78, 5) is 4.38. The number of para-hydroxylation sites is 1. The van der Waals surface area contributed by atoms with E-state index in [0.717, 1.165) is 0 Å². The topological polar surface area (TPSA) is 48.4 Å². The molecule has 3 nitrogen and oxygen atoms in total. The summed E-state index contributed by atoms with van der Waals surface area (Å²) >= 11 is 0. The van der Waals surface area contributed by atoms with Gasteiger partial charge in [-0.05, 0) is 12.1 Å². The molecule has 2 rings (SSSR count). The maximum Gasteiger partial charge on any atom is 0.170 e. The second-order valence-electron chi connectivity index (χ2n) is 2.68. The zero-order valence-electron chi connectivity index (χ0n) is 6.79. The van der Waals surface area contributed by atoms with Crippen LogP contribution >= 0.6 is 0 Å². The van der Waals surface area contributed by atoms with Crippen LogP contribution in [0.5, 0.6) is 0 Å². The Hall–Kier alpha value is -1.39. The van der Waals surface area contributed by atoms with Gasteiger partial charge in [0.25, 0.3) is 0 Å². The first-order chi connectivity index (χ1) is 6.31. The van der Waals surface area contributed by atoms with Gasteiger partial charge in [0.2, 0.25) is 0 Å². The summed E-state index contributed by atoms with van der Waals surface area (Å²) in [7, 11) is 0. The first-order valence-electron chi connectivity index (χ1n) is 3.80. The minimum absolute atomic E-state index is 0.147. The number of benzene rings is 1. The fourth-order valence-electron chi connectivity index (χ4n) is 1.23. The second kappa shape index (κ2) is 3.16. The minimum Gasteiger partial charge on any atom is -0.455 e. The fraction of sp³-hybridized carbons (Fsp3) is 0.111. The molecule has 0 fully saturated rings. The van der Waals surface area contributed by atoms with Crippen molar-refractivity contribution in [2.45, 2.75) is 6.61 Å². The molecular formula is C9H8FNO2. The van der Waals surface area contributed by atoms with E-state index in [9.17, 15) is 4.39 Å². The van der Waals surface area contributed by atoms with Crippen molar-refractivity contribution in [3.8, 4) is 0 Å². The molecule has 4 heteroatoms. The van der Waals surface area contributed by atoms with Crippen LogP contribution in [0.1, 0.15) is 5.76 Å². The highest BCUT2D eigenvalue weighted by atomic mass is 19.1. The van der Waals surface area contributed by atoms with Crippen molar-refractivity contribution >= 4 is 11.0 Å². The van der Waals surface area contributed by atoms with Gasteiger partial charge >= 0.3 is 0 Å². The third-order valence-electron chi connectivity index (χ3n) is 1.77. The van der Waals surface area contributed by atoms with Gasteiger partial charge in [0, 0.05) is 5.39 Å². The van der Waals surface area contributed by atoms with E-state index in [1.54, 1.807) is 18.2 Å². The Bertz CT molecular complexity index is 424. The molecule has 0 aliphatic rings. The summed E-state index contributed by atoms with van der Waals surface area (Å²) in [5.41, 5.74) is 0.245. The molecule has 0 saturated carbocycles. The summed E-state index contributed by atoms with van der Waals surface area (Å²) < 4.78 is 18.2. The highest BCUT2D eigenvalue weighted by Gasteiger charge is 2.06. The fourth-order valence-corrected chi connectivity index (χ4v) is 1.23. The molecule has 0 amide bonds. The standard InChI is InChI=1S/C9H8FNO2/c10-8-3-1-2-6-4-7(5-12-11)13-9(6)8/h1-4H,5,11H2. The van der Waals surface area contributed by atoms with Crippen molar-refractivity contribution in [1.82, 2.24) is 0 Å². The lowest BCUT2D eigenvalue weighted by Crippen LogP contribution is -1.96. The van der Waals surface area contributed by atoms with Gasteiger partial charge in [-0.25, -0.2) is 10.3 Å². The molecule has 1 heterocycles. The van der Waals surface area contributed by atoms with Crippen molar-refractivity contribution in [3.05, 3.63) is 35.8 Å². The molecule has 2 aromatic rings. The summed E-state index contributed by atoms with van der Waals surface area (Å²) in [6, 6.07) is 6.44. The average Bonchev–Trinajstić information content (AvgIpc) is 2.49. The normalized spacial score (nSPS) is 10.9. The number of furan rings is 1. The van der Waals surface area contributed by atoms with Crippen molar-refractivity contribution in [3.63, 3.8) is 0 Å². The lowest BCUT2D eigenvalue weighted by Gasteiger charge is -1.90. The Balaban J connectivity index is 2.55. The molecule has 0 bridgehead atoms. The second-order valence-corrected chi connectivity index (χ2v) is 2.68. The zero-order valence-corrected chi connectivity index (χ0v) is 6.79. The van der Waals surface area contributed by atoms with Crippen LogP contribution in [-0.2, 0) is 11.4 Å². The summed E-state index contributed by atoms with van der Waals surface area (Å²) in [5.74, 6) is 5.01. The monoisotopic (exact) mass is 181 g/mol. The van der Waals surface area contributed by atoms with Crippen LogP contribution in [-0.4, -0.2) is 0 Å².